The molecule has 3 atom stereocenters. The van der Waals surface area contributed by atoms with Crippen LogP contribution in [0.25, 0.3) is 0 Å². The molecule has 1 aliphatic heterocycles. The molecule has 6 heteroatoms. The largest absolute Gasteiger partial charge is 0.459 e. The van der Waals surface area contributed by atoms with E-state index in [2.05, 4.69) is 0 Å². The highest BCUT2D eigenvalue weighted by Crippen LogP contribution is 2.39. The zero-order valence-corrected chi connectivity index (χ0v) is 18.0. The van der Waals surface area contributed by atoms with E-state index in [1.165, 1.54) is 12.1 Å². The lowest BCUT2D eigenvalue weighted by Crippen LogP contribution is -2.39. The van der Waals surface area contributed by atoms with Crippen molar-refractivity contribution in [2.45, 2.75) is 38.5 Å². The predicted octanol–water partition coefficient (Wildman–Crippen LogP) is 4.23. The first-order chi connectivity index (χ1) is 15.0. The molecule has 0 unspecified atom stereocenters. The summed E-state index contributed by atoms with van der Waals surface area (Å²) in [7, 11) is 1.70. The van der Waals surface area contributed by atoms with Gasteiger partial charge in [0.1, 0.15) is 5.82 Å². The molecule has 1 aliphatic rings. The van der Waals surface area contributed by atoms with Gasteiger partial charge in [0.25, 0.3) is 5.91 Å². The van der Waals surface area contributed by atoms with Gasteiger partial charge in [-0.05, 0) is 49.1 Å². The average Bonchev–Trinajstić information content (AvgIpc) is 2.79. The zero-order chi connectivity index (χ0) is 22.2. The van der Waals surface area contributed by atoms with E-state index in [1.54, 1.807) is 24.1 Å². The van der Waals surface area contributed by atoms with Crippen molar-refractivity contribution in [2.75, 3.05) is 20.3 Å². The molecular weight excluding hydrogens is 397 g/mol. The maximum atomic E-state index is 13.2. The van der Waals surface area contributed by atoms with E-state index in [1.807, 2.05) is 43.3 Å². The average molecular weight is 428 g/mol. The van der Waals surface area contributed by atoms with Crippen LogP contribution in [0, 0.1) is 11.7 Å². The van der Waals surface area contributed by atoms with Gasteiger partial charge in [0.05, 0.1) is 0 Å². The van der Waals surface area contributed by atoms with E-state index < -0.39 is 6.29 Å². The highest BCUT2D eigenvalue weighted by molar-refractivity contribution is 5.91. The van der Waals surface area contributed by atoms with Crippen molar-refractivity contribution in [1.82, 2.24) is 4.90 Å². The van der Waals surface area contributed by atoms with Gasteiger partial charge in [0.2, 0.25) is 6.29 Å². The number of amides is 1. The quantitative estimate of drug-likeness (QED) is 0.651. The number of hydrogen-bond donors (Lipinski definition) is 1. The van der Waals surface area contributed by atoms with E-state index in [0.717, 1.165) is 11.1 Å². The first-order valence-corrected chi connectivity index (χ1v) is 10.7. The Morgan fingerprint density at radius 3 is 2.52 bits per heavy atom. The van der Waals surface area contributed by atoms with Crippen LogP contribution in [-0.4, -0.2) is 42.5 Å². The molecule has 2 aromatic rings. The van der Waals surface area contributed by atoms with E-state index in [9.17, 15) is 14.3 Å². The number of carbonyl (C=O) groups is 1. The lowest BCUT2D eigenvalue weighted by atomic mass is 9.80. The van der Waals surface area contributed by atoms with Gasteiger partial charge >= 0.3 is 0 Å². The van der Waals surface area contributed by atoms with Crippen LogP contribution in [0.15, 0.2) is 66.4 Å². The molecule has 0 aliphatic carbocycles. The molecule has 3 rings (SSSR count). The molecule has 31 heavy (non-hydrogen) atoms. The van der Waals surface area contributed by atoms with Gasteiger partial charge in [-0.1, -0.05) is 42.5 Å². The van der Waals surface area contributed by atoms with Crippen LogP contribution in [0.4, 0.5) is 4.39 Å². The van der Waals surface area contributed by atoms with Crippen molar-refractivity contribution in [2.24, 2.45) is 5.92 Å². The Labute approximate surface area is 183 Å². The molecule has 0 spiro atoms. The summed E-state index contributed by atoms with van der Waals surface area (Å²) in [5.74, 6) is -0.410. The molecule has 5 nitrogen and oxygen atoms in total. The van der Waals surface area contributed by atoms with Crippen LogP contribution in [0.2, 0.25) is 0 Å². The summed E-state index contributed by atoms with van der Waals surface area (Å²) in [6.07, 6.45) is 2.63. The lowest BCUT2D eigenvalue weighted by Gasteiger charge is -2.37. The van der Waals surface area contributed by atoms with Crippen molar-refractivity contribution in [3.63, 3.8) is 0 Å². The lowest BCUT2D eigenvalue weighted by molar-refractivity contribution is -0.170. The Balaban J connectivity index is 1.87. The maximum absolute atomic E-state index is 13.2. The molecular formula is C25H30FNO4. The second kappa shape index (κ2) is 11.1. The van der Waals surface area contributed by atoms with E-state index >= 15 is 0 Å². The minimum atomic E-state index is -0.579. The fourth-order valence-corrected chi connectivity index (χ4v) is 3.94. The molecule has 0 fully saturated rings. The normalized spacial score (nSPS) is 20.6. The number of nitrogens with zero attached hydrogens (tertiary/aromatic N) is 1. The van der Waals surface area contributed by atoms with Gasteiger partial charge in [0.15, 0.2) is 5.76 Å². The second-order valence-electron chi connectivity index (χ2n) is 7.73. The Hall–Kier alpha value is -2.70. The SMILES string of the molecule is CCO[C@H]1OC(C(=O)N(C)Cc2ccc(F)cc2)=C[C@@H](c2ccccc2)[C@H]1CCCO. The first kappa shape index (κ1) is 23.0. The summed E-state index contributed by atoms with van der Waals surface area (Å²) >= 11 is 0. The highest BCUT2D eigenvalue weighted by atomic mass is 19.1. The third-order valence-corrected chi connectivity index (χ3v) is 5.49. The number of allylic oxidation sites excluding steroid dienone is 1. The summed E-state index contributed by atoms with van der Waals surface area (Å²) in [6.45, 7) is 2.77. The maximum Gasteiger partial charge on any atom is 0.288 e. The van der Waals surface area contributed by atoms with Gasteiger partial charge in [0, 0.05) is 38.6 Å². The summed E-state index contributed by atoms with van der Waals surface area (Å²) in [4.78, 5) is 14.7. The van der Waals surface area contributed by atoms with Gasteiger partial charge < -0.3 is 19.5 Å². The third-order valence-electron chi connectivity index (χ3n) is 5.49. The molecule has 0 saturated carbocycles. The van der Waals surface area contributed by atoms with Crippen molar-refractivity contribution < 1.29 is 23.8 Å². The predicted molar refractivity (Wildman–Crippen MR) is 116 cm³/mol. The van der Waals surface area contributed by atoms with E-state index in [0.29, 0.717) is 26.0 Å². The Morgan fingerprint density at radius 2 is 1.87 bits per heavy atom. The molecule has 1 heterocycles. The van der Waals surface area contributed by atoms with Crippen LogP contribution >= 0.6 is 0 Å². The number of benzene rings is 2. The topological polar surface area (TPSA) is 59.0 Å². The third kappa shape index (κ3) is 5.93. The van der Waals surface area contributed by atoms with Crippen LogP contribution in [0.3, 0.4) is 0 Å². The number of rotatable bonds is 9. The molecule has 1 amide bonds. The second-order valence-corrected chi connectivity index (χ2v) is 7.73. The summed E-state index contributed by atoms with van der Waals surface area (Å²) < 4.78 is 25.1. The Morgan fingerprint density at radius 1 is 1.16 bits per heavy atom. The number of carbonyl (C=O) groups excluding carboxylic acids is 1. The van der Waals surface area contributed by atoms with Gasteiger partial charge in [-0.2, -0.15) is 0 Å². The van der Waals surface area contributed by atoms with Crippen molar-refractivity contribution in [1.29, 1.82) is 0 Å². The molecule has 1 N–H and O–H groups in total. The van der Waals surface area contributed by atoms with Gasteiger partial charge in [-0.3, -0.25) is 4.79 Å². The molecule has 0 bridgehead atoms. The molecule has 2 aromatic carbocycles. The van der Waals surface area contributed by atoms with Crippen molar-refractivity contribution in [3.8, 4) is 0 Å². The highest BCUT2D eigenvalue weighted by Gasteiger charge is 2.38. The van der Waals surface area contributed by atoms with Crippen molar-refractivity contribution in [3.05, 3.63) is 83.4 Å². The fraction of sp³-hybridized carbons (Fsp3) is 0.400. The number of ether oxygens (including phenoxy) is 2. The first-order valence-electron chi connectivity index (χ1n) is 10.7. The minimum absolute atomic E-state index is 0.0199. The van der Waals surface area contributed by atoms with Gasteiger partial charge in [-0.25, -0.2) is 4.39 Å². The summed E-state index contributed by atoms with van der Waals surface area (Å²) in [5.41, 5.74) is 1.90. The molecule has 0 aromatic heterocycles. The smallest absolute Gasteiger partial charge is 0.288 e. The van der Waals surface area contributed by atoms with Crippen LogP contribution < -0.4 is 0 Å². The summed E-state index contributed by atoms with van der Waals surface area (Å²) in [6, 6.07) is 16.1. The number of aliphatic hydroxyl groups excluding tert-OH is 1. The zero-order valence-electron chi connectivity index (χ0n) is 18.0. The van der Waals surface area contributed by atoms with E-state index in [-0.39, 0.29) is 35.9 Å². The van der Waals surface area contributed by atoms with Crippen LogP contribution in [0.1, 0.15) is 36.8 Å². The monoisotopic (exact) mass is 427 g/mol. The Kier molecular flexibility index (Phi) is 8.20. The van der Waals surface area contributed by atoms with Crippen molar-refractivity contribution >= 4 is 5.91 Å². The van der Waals surface area contributed by atoms with Gasteiger partial charge in [-0.15, -0.1) is 0 Å². The number of likely N-dealkylation sites (N-methyl/N-ethyl adjacent to an activating group) is 1. The molecule has 0 saturated heterocycles. The number of hydrogen-bond acceptors (Lipinski definition) is 4. The summed E-state index contributed by atoms with van der Waals surface area (Å²) in [5, 5.41) is 9.36. The standard InChI is InChI=1S/C25H30FNO4/c1-3-30-25-21(10-7-15-28)22(19-8-5-4-6-9-19)16-23(31-25)24(29)27(2)17-18-11-13-20(26)14-12-18/h4-6,8-9,11-14,16,21-22,25,28H,3,7,10,15,17H2,1-2H3/t21-,22+,25+/m1/s1. The van der Waals surface area contributed by atoms with Crippen LogP contribution in [0.5, 0.6) is 0 Å². The van der Waals surface area contributed by atoms with E-state index in [4.69, 9.17) is 9.47 Å². The fourth-order valence-electron chi connectivity index (χ4n) is 3.94. The van der Waals surface area contributed by atoms with Crippen LogP contribution in [-0.2, 0) is 20.8 Å². The molecule has 0 radical (unpaired) electrons. The number of halogens is 1. The Bertz CT molecular complexity index is 869. The number of aliphatic hydroxyl groups is 1. The molecule has 166 valence electrons. The minimum Gasteiger partial charge on any atom is -0.459 e.